The van der Waals surface area contributed by atoms with Gasteiger partial charge in [0.15, 0.2) is 11.5 Å². The Morgan fingerprint density at radius 2 is 2.33 bits per heavy atom. The van der Waals surface area contributed by atoms with Crippen LogP contribution in [0.25, 0.3) is 0 Å². The third-order valence-corrected chi connectivity index (χ3v) is 2.91. The zero-order valence-electron chi connectivity index (χ0n) is 8.37. The summed E-state index contributed by atoms with van der Waals surface area (Å²) in [4.78, 5) is 13.5. The van der Waals surface area contributed by atoms with Gasteiger partial charge in [-0.2, -0.15) is 0 Å². The maximum atomic E-state index is 10.1. The number of hydrogen-bond donors (Lipinski definition) is 1. The van der Waals surface area contributed by atoms with E-state index in [9.17, 15) is 9.90 Å². The molecule has 0 saturated heterocycles. The minimum atomic E-state index is 0.0195. The number of aliphatic imine (C=N–C) groups is 1. The molecule has 15 heavy (non-hydrogen) atoms. The van der Waals surface area contributed by atoms with Gasteiger partial charge in [0.2, 0.25) is 6.08 Å². The molecule has 1 rings (SSSR count). The number of aromatic hydroxyl groups is 1. The lowest BCUT2D eigenvalue weighted by Crippen LogP contribution is -1.96. The third-order valence-electron chi connectivity index (χ3n) is 2.09. The Labute approximate surface area is 95.7 Å². The number of phenols is 1. The number of nitrogens with zero attached hydrogens (tertiary/aromatic N) is 1. The molecule has 1 aromatic rings. The lowest BCUT2D eigenvalue weighted by atomic mass is 10.1. The van der Waals surface area contributed by atoms with Crippen LogP contribution in [-0.2, 0) is 11.3 Å². The lowest BCUT2D eigenvalue weighted by molar-refractivity contribution is 0.368. The fourth-order valence-corrected chi connectivity index (χ4v) is 1.75. The van der Waals surface area contributed by atoms with Crippen molar-refractivity contribution >= 4 is 22.0 Å². The number of ether oxygens (including phenoxy) is 1. The third kappa shape index (κ3) is 2.37. The Morgan fingerprint density at radius 3 is 2.87 bits per heavy atom. The quantitative estimate of drug-likeness (QED) is 0.678. The van der Waals surface area contributed by atoms with Crippen LogP contribution < -0.4 is 4.74 Å². The molecule has 0 heterocycles. The molecule has 0 spiro atoms. The molecule has 0 aromatic heterocycles. The van der Waals surface area contributed by atoms with Gasteiger partial charge in [-0.25, -0.2) is 9.79 Å². The van der Waals surface area contributed by atoms with Crippen LogP contribution in [0.1, 0.15) is 11.1 Å². The Bertz CT molecular complexity index is 425. The van der Waals surface area contributed by atoms with E-state index in [2.05, 4.69) is 20.9 Å². The zero-order chi connectivity index (χ0) is 11.4. The van der Waals surface area contributed by atoms with Crippen molar-refractivity contribution in [2.45, 2.75) is 13.5 Å². The SMILES string of the molecule is COc1c(O)cc(Br)c(C)c1CN=C=O. The van der Waals surface area contributed by atoms with Crippen LogP contribution in [0.4, 0.5) is 0 Å². The second kappa shape index (κ2) is 4.96. The van der Waals surface area contributed by atoms with Crippen molar-refractivity contribution in [2.24, 2.45) is 4.99 Å². The predicted molar refractivity (Wildman–Crippen MR) is 58.9 cm³/mol. The number of phenolic OH excluding ortho intramolecular Hbond substituents is 1. The van der Waals surface area contributed by atoms with Crippen LogP contribution >= 0.6 is 15.9 Å². The normalized spacial score (nSPS) is 9.53. The first-order valence-corrected chi connectivity index (χ1v) is 4.99. The number of isocyanates is 1. The molecule has 0 aliphatic heterocycles. The zero-order valence-corrected chi connectivity index (χ0v) is 9.96. The number of benzene rings is 1. The molecule has 0 bridgehead atoms. The minimum absolute atomic E-state index is 0.0195. The molecule has 0 radical (unpaired) electrons. The lowest BCUT2D eigenvalue weighted by Gasteiger charge is -2.12. The fourth-order valence-electron chi connectivity index (χ4n) is 1.29. The molecule has 0 unspecified atom stereocenters. The molecular weight excluding hydrogens is 262 g/mol. The van der Waals surface area contributed by atoms with Crippen LogP contribution in [0.5, 0.6) is 11.5 Å². The van der Waals surface area contributed by atoms with E-state index in [1.807, 2.05) is 6.92 Å². The van der Waals surface area contributed by atoms with Crippen molar-refractivity contribution in [1.82, 2.24) is 0 Å². The maximum Gasteiger partial charge on any atom is 0.235 e. The van der Waals surface area contributed by atoms with Crippen molar-refractivity contribution in [1.29, 1.82) is 0 Å². The summed E-state index contributed by atoms with van der Waals surface area (Å²) < 4.78 is 5.80. The number of rotatable bonds is 3. The maximum absolute atomic E-state index is 10.1. The minimum Gasteiger partial charge on any atom is -0.504 e. The summed E-state index contributed by atoms with van der Waals surface area (Å²) in [7, 11) is 1.45. The summed E-state index contributed by atoms with van der Waals surface area (Å²) in [6.07, 6.45) is 1.46. The van der Waals surface area contributed by atoms with Crippen molar-refractivity contribution < 1.29 is 14.6 Å². The fraction of sp³-hybridized carbons (Fsp3) is 0.300. The van der Waals surface area contributed by atoms with Gasteiger partial charge in [-0.05, 0) is 18.6 Å². The molecule has 5 heteroatoms. The van der Waals surface area contributed by atoms with E-state index in [0.29, 0.717) is 11.3 Å². The summed E-state index contributed by atoms with van der Waals surface area (Å²) >= 11 is 3.30. The van der Waals surface area contributed by atoms with Crippen molar-refractivity contribution in [2.75, 3.05) is 7.11 Å². The summed E-state index contributed by atoms with van der Waals surface area (Å²) in [5, 5.41) is 9.60. The highest BCUT2D eigenvalue weighted by molar-refractivity contribution is 9.10. The molecular formula is C10H10BrNO3. The molecule has 80 valence electrons. The molecule has 0 aliphatic carbocycles. The van der Waals surface area contributed by atoms with Gasteiger partial charge in [-0.15, -0.1) is 0 Å². The van der Waals surface area contributed by atoms with Crippen LogP contribution in [0, 0.1) is 6.92 Å². The Hall–Kier alpha value is -1.32. The first-order valence-electron chi connectivity index (χ1n) is 4.20. The smallest absolute Gasteiger partial charge is 0.235 e. The van der Waals surface area contributed by atoms with E-state index in [1.165, 1.54) is 13.2 Å². The van der Waals surface area contributed by atoms with Crippen LogP contribution in [0.15, 0.2) is 15.5 Å². The van der Waals surface area contributed by atoms with E-state index in [4.69, 9.17) is 4.74 Å². The van der Waals surface area contributed by atoms with Gasteiger partial charge in [-0.1, -0.05) is 15.9 Å². The average molecular weight is 272 g/mol. The molecule has 0 aliphatic rings. The number of hydrogen-bond acceptors (Lipinski definition) is 4. The Morgan fingerprint density at radius 1 is 1.67 bits per heavy atom. The second-order valence-corrected chi connectivity index (χ2v) is 3.78. The van der Waals surface area contributed by atoms with Gasteiger partial charge in [0.05, 0.1) is 13.7 Å². The van der Waals surface area contributed by atoms with E-state index in [0.717, 1.165) is 10.0 Å². The summed E-state index contributed by atoms with van der Waals surface area (Å²) in [6, 6.07) is 1.54. The number of methoxy groups -OCH3 is 1. The molecule has 0 amide bonds. The predicted octanol–water partition coefficient (Wildman–Crippen LogP) is 2.31. The highest BCUT2D eigenvalue weighted by Gasteiger charge is 2.14. The summed E-state index contributed by atoms with van der Waals surface area (Å²) in [6.45, 7) is 1.99. The van der Waals surface area contributed by atoms with Gasteiger partial charge in [0.25, 0.3) is 0 Å². The number of halogens is 1. The summed E-state index contributed by atoms with van der Waals surface area (Å²) in [5.41, 5.74) is 1.55. The number of carbonyl (C=O) groups excluding carboxylic acids is 1. The first-order chi connectivity index (χ1) is 7.11. The molecule has 0 saturated carbocycles. The van der Waals surface area contributed by atoms with E-state index in [-0.39, 0.29) is 12.3 Å². The standard InChI is InChI=1S/C10H10BrNO3/c1-6-7(4-12-5-13)10(15-2)9(14)3-8(6)11/h3,14H,4H2,1-2H3. The highest BCUT2D eigenvalue weighted by atomic mass is 79.9. The topological polar surface area (TPSA) is 58.9 Å². The first kappa shape index (κ1) is 11.8. The average Bonchev–Trinajstić information content (AvgIpc) is 2.21. The van der Waals surface area contributed by atoms with E-state index < -0.39 is 0 Å². The van der Waals surface area contributed by atoms with Gasteiger partial charge in [0.1, 0.15) is 0 Å². The molecule has 4 nitrogen and oxygen atoms in total. The van der Waals surface area contributed by atoms with Gasteiger partial charge >= 0.3 is 0 Å². The van der Waals surface area contributed by atoms with Gasteiger partial charge in [0, 0.05) is 10.0 Å². The summed E-state index contributed by atoms with van der Waals surface area (Å²) in [5.74, 6) is 0.362. The van der Waals surface area contributed by atoms with Crippen molar-refractivity contribution in [3.63, 3.8) is 0 Å². The molecule has 0 atom stereocenters. The van der Waals surface area contributed by atoms with Gasteiger partial charge < -0.3 is 9.84 Å². The van der Waals surface area contributed by atoms with E-state index in [1.54, 1.807) is 6.07 Å². The van der Waals surface area contributed by atoms with Crippen LogP contribution in [-0.4, -0.2) is 18.3 Å². The van der Waals surface area contributed by atoms with Gasteiger partial charge in [-0.3, -0.25) is 0 Å². The molecule has 1 aromatic carbocycles. The van der Waals surface area contributed by atoms with Crippen molar-refractivity contribution in [3.8, 4) is 11.5 Å². The van der Waals surface area contributed by atoms with Crippen LogP contribution in [0.3, 0.4) is 0 Å². The monoisotopic (exact) mass is 271 g/mol. The molecule has 1 N–H and O–H groups in total. The Kier molecular flexibility index (Phi) is 3.88. The van der Waals surface area contributed by atoms with Crippen molar-refractivity contribution in [3.05, 3.63) is 21.7 Å². The largest absolute Gasteiger partial charge is 0.504 e. The van der Waals surface area contributed by atoms with Crippen LogP contribution in [0.2, 0.25) is 0 Å². The van der Waals surface area contributed by atoms with E-state index >= 15 is 0 Å². The highest BCUT2D eigenvalue weighted by Crippen LogP contribution is 2.37. The molecule has 0 fully saturated rings. The Balaban J connectivity index is 3.35. The second-order valence-electron chi connectivity index (χ2n) is 2.92.